The quantitative estimate of drug-likeness (QED) is 0.914. The van der Waals surface area contributed by atoms with Gasteiger partial charge in [0.25, 0.3) is 0 Å². The van der Waals surface area contributed by atoms with Crippen molar-refractivity contribution in [2.24, 2.45) is 0 Å². The summed E-state index contributed by atoms with van der Waals surface area (Å²) < 4.78 is 5.61. The summed E-state index contributed by atoms with van der Waals surface area (Å²) in [5.74, 6) is 0.604. The molecule has 1 aromatic carbocycles. The van der Waals surface area contributed by atoms with Crippen LogP contribution in [0.5, 0.6) is 5.75 Å². The third-order valence-corrected chi connectivity index (χ3v) is 3.07. The predicted octanol–water partition coefficient (Wildman–Crippen LogP) is 3.69. The second-order valence-corrected chi connectivity index (χ2v) is 4.90. The number of ether oxygens (including phenoxy) is 1. The molecule has 0 aliphatic heterocycles. The van der Waals surface area contributed by atoms with Gasteiger partial charge in [-0.15, -0.1) is 0 Å². The van der Waals surface area contributed by atoms with E-state index >= 15 is 0 Å². The van der Waals surface area contributed by atoms with Crippen molar-refractivity contribution in [2.75, 3.05) is 7.05 Å². The smallest absolute Gasteiger partial charge is 0.138 e. The molecule has 0 bridgehead atoms. The van der Waals surface area contributed by atoms with Gasteiger partial charge < -0.3 is 10.1 Å². The lowest BCUT2D eigenvalue weighted by Gasteiger charge is -2.08. The first-order valence-corrected chi connectivity index (χ1v) is 6.61. The molecule has 2 aromatic rings. The first kappa shape index (κ1) is 14.1. The maximum atomic E-state index is 6.02. The Labute approximate surface area is 122 Å². The van der Waals surface area contributed by atoms with Crippen LogP contribution in [0.1, 0.15) is 11.3 Å². The molecule has 0 fully saturated rings. The fourth-order valence-electron chi connectivity index (χ4n) is 1.59. The number of nitrogens with zero attached hydrogens (tertiary/aromatic N) is 1. The Hall–Kier alpha value is -1.29. The van der Waals surface area contributed by atoms with Gasteiger partial charge in [0.15, 0.2) is 0 Å². The van der Waals surface area contributed by atoms with Gasteiger partial charge >= 0.3 is 0 Å². The molecule has 100 valence electrons. The van der Waals surface area contributed by atoms with Crippen molar-refractivity contribution in [3.63, 3.8) is 0 Å². The van der Waals surface area contributed by atoms with Crippen LogP contribution in [0.2, 0.25) is 10.0 Å². The highest BCUT2D eigenvalue weighted by Gasteiger charge is 2.03. The molecule has 5 heteroatoms. The molecule has 0 amide bonds. The summed E-state index contributed by atoms with van der Waals surface area (Å²) in [6, 6.07) is 9.11. The Morgan fingerprint density at radius 2 is 2.05 bits per heavy atom. The Morgan fingerprint density at radius 1 is 1.21 bits per heavy atom. The van der Waals surface area contributed by atoms with Crippen LogP contribution in [-0.4, -0.2) is 12.0 Å². The fourth-order valence-corrected chi connectivity index (χ4v) is 2.06. The molecule has 0 aliphatic carbocycles. The summed E-state index contributed by atoms with van der Waals surface area (Å²) in [7, 11) is 1.90. The summed E-state index contributed by atoms with van der Waals surface area (Å²) in [5.41, 5.74) is 1.99. The number of pyridine rings is 1. The highest BCUT2D eigenvalue weighted by Crippen LogP contribution is 2.27. The minimum Gasteiger partial charge on any atom is -0.486 e. The molecule has 0 spiro atoms. The minimum absolute atomic E-state index is 0.376. The molecule has 19 heavy (non-hydrogen) atoms. The second kappa shape index (κ2) is 6.75. The molecule has 0 aliphatic rings. The second-order valence-electron chi connectivity index (χ2n) is 4.05. The van der Waals surface area contributed by atoms with Crippen molar-refractivity contribution in [3.05, 3.63) is 57.8 Å². The van der Waals surface area contributed by atoms with E-state index in [1.807, 2.05) is 25.4 Å². The van der Waals surface area contributed by atoms with Crippen molar-refractivity contribution >= 4 is 23.2 Å². The highest BCUT2D eigenvalue weighted by atomic mass is 35.5. The van der Waals surface area contributed by atoms with Crippen LogP contribution < -0.4 is 10.1 Å². The molecular formula is C14H14Cl2N2O. The number of halogens is 2. The lowest BCUT2D eigenvalue weighted by molar-refractivity contribution is 0.301. The SMILES string of the molecule is CNCc1ccc(COc2ccc(Cl)cc2Cl)nc1. The summed E-state index contributed by atoms with van der Waals surface area (Å²) >= 11 is 11.8. The van der Waals surface area contributed by atoms with Crippen molar-refractivity contribution in [3.8, 4) is 5.75 Å². The van der Waals surface area contributed by atoms with Gasteiger partial charge in [-0.3, -0.25) is 4.98 Å². The number of hydrogen-bond donors (Lipinski definition) is 1. The number of hydrogen-bond acceptors (Lipinski definition) is 3. The Kier molecular flexibility index (Phi) is 5.02. The summed E-state index contributed by atoms with van der Waals surface area (Å²) in [4.78, 5) is 4.33. The molecule has 0 radical (unpaired) electrons. The van der Waals surface area contributed by atoms with Gasteiger partial charge in [-0.25, -0.2) is 0 Å². The van der Waals surface area contributed by atoms with E-state index in [0.717, 1.165) is 17.8 Å². The van der Waals surface area contributed by atoms with Crippen molar-refractivity contribution in [2.45, 2.75) is 13.2 Å². The third kappa shape index (κ3) is 4.10. The van der Waals surface area contributed by atoms with E-state index in [1.165, 1.54) is 0 Å². The normalized spacial score (nSPS) is 10.5. The van der Waals surface area contributed by atoms with Crippen LogP contribution >= 0.6 is 23.2 Å². The largest absolute Gasteiger partial charge is 0.486 e. The molecule has 0 saturated heterocycles. The zero-order chi connectivity index (χ0) is 13.7. The van der Waals surface area contributed by atoms with Crippen LogP contribution in [0.25, 0.3) is 0 Å². The predicted molar refractivity (Wildman–Crippen MR) is 77.8 cm³/mol. The summed E-state index contributed by atoms with van der Waals surface area (Å²) in [5, 5.41) is 4.16. The number of aromatic nitrogens is 1. The monoisotopic (exact) mass is 296 g/mol. The van der Waals surface area contributed by atoms with Crippen molar-refractivity contribution in [1.29, 1.82) is 0 Å². The highest BCUT2D eigenvalue weighted by molar-refractivity contribution is 6.35. The standard InChI is InChI=1S/C14H14Cl2N2O/c1-17-7-10-2-4-12(18-8-10)9-19-14-5-3-11(15)6-13(14)16/h2-6,8,17H,7,9H2,1H3. The summed E-state index contributed by atoms with van der Waals surface area (Å²) in [6.07, 6.45) is 1.83. The van der Waals surface area contributed by atoms with Gasteiger partial charge in [-0.1, -0.05) is 29.3 Å². The lowest BCUT2D eigenvalue weighted by Crippen LogP contribution is -2.06. The maximum Gasteiger partial charge on any atom is 0.138 e. The number of nitrogens with one attached hydrogen (secondary N) is 1. The van der Waals surface area contributed by atoms with Gasteiger partial charge in [0.2, 0.25) is 0 Å². The summed E-state index contributed by atoms with van der Waals surface area (Å²) in [6.45, 7) is 1.18. The molecule has 1 heterocycles. The van der Waals surface area contributed by atoms with E-state index in [1.54, 1.807) is 18.2 Å². The Morgan fingerprint density at radius 3 is 2.68 bits per heavy atom. The van der Waals surface area contributed by atoms with Gasteiger partial charge in [-0.2, -0.15) is 0 Å². The number of benzene rings is 1. The average molecular weight is 297 g/mol. The Bertz CT molecular complexity index is 544. The van der Waals surface area contributed by atoms with Gasteiger partial charge in [0.05, 0.1) is 10.7 Å². The molecule has 2 rings (SSSR count). The van der Waals surface area contributed by atoms with Crippen LogP contribution in [0.4, 0.5) is 0 Å². The van der Waals surface area contributed by atoms with Crippen LogP contribution in [-0.2, 0) is 13.2 Å². The zero-order valence-corrected chi connectivity index (χ0v) is 12.0. The molecule has 0 saturated carbocycles. The molecule has 0 atom stereocenters. The van der Waals surface area contributed by atoms with Gasteiger partial charge in [0.1, 0.15) is 12.4 Å². The van der Waals surface area contributed by atoms with Crippen LogP contribution in [0.3, 0.4) is 0 Å². The number of rotatable bonds is 5. The van der Waals surface area contributed by atoms with Gasteiger partial charge in [0, 0.05) is 17.8 Å². The lowest BCUT2D eigenvalue weighted by atomic mass is 10.2. The molecule has 1 aromatic heterocycles. The zero-order valence-electron chi connectivity index (χ0n) is 10.5. The first-order valence-electron chi connectivity index (χ1n) is 5.85. The van der Waals surface area contributed by atoms with E-state index in [4.69, 9.17) is 27.9 Å². The van der Waals surface area contributed by atoms with Gasteiger partial charge in [-0.05, 0) is 36.9 Å². The van der Waals surface area contributed by atoms with Crippen LogP contribution in [0.15, 0.2) is 36.5 Å². The topological polar surface area (TPSA) is 34.1 Å². The average Bonchev–Trinajstić information content (AvgIpc) is 2.40. The maximum absolute atomic E-state index is 6.02. The molecular weight excluding hydrogens is 283 g/mol. The van der Waals surface area contributed by atoms with E-state index < -0.39 is 0 Å². The van der Waals surface area contributed by atoms with E-state index in [0.29, 0.717) is 22.4 Å². The van der Waals surface area contributed by atoms with E-state index in [-0.39, 0.29) is 0 Å². The molecule has 0 unspecified atom stereocenters. The van der Waals surface area contributed by atoms with E-state index in [9.17, 15) is 0 Å². The molecule has 1 N–H and O–H groups in total. The Balaban J connectivity index is 1.98. The van der Waals surface area contributed by atoms with Crippen molar-refractivity contribution < 1.29 is 4.74 Å². The van der Waals surface area contributed by atoms with E-state index in [2.05, 4.69) is 10.3 Å². The molecule has 3 nitrogen and oxygen atoms in total. The third-order valence-electron chi connectivity index (χ3n) is 2.54. The fraction of sp³-hybridized carbons (Fsp3) is 0.214. The van der Waals surface area contributed by atoms with Crippen molar-refractivity contribution in [1.82, 2.24) is 10.3 Å². The van der Waals surface area contributed by atoms with Crippen LogP contribution in [0, 0.1) is 0 Å². The minimum atomic E-state index is 0.376. The first-order chi connectivity index (χ1) is 9.19.